The van der Waals surface area contributed by atoms with E-state index >= 15 is 0 Å². The van der Waals surface area contributed by atoms with Crippen LogP contribution >= 0.6 is 0 Å². The quantitative estimate of drug-likeness (QED) is 0.362. The summed E-state index contributed by atoms with van der Waals surface area (Å²) in [6.07, 6.45) is 0. The van der Waals surface area contributed by atoms with Crippen LogP contribution in [0.3, 0.4) is 0 Å². The number of hydrogen-bond donors (Lipinski definition) is 2. The maximum Gasteiger partial charge on any atom is 0.298 e. The fourth-order valence-electron chi connectivity index (χ4n) is 3.61. The third kappa shape index (κ3) is 5.84. The molecule has 0 saturated carbocycles. The molecule has 156 valence electrons. The molecule has 4 aromatic carbocycles. The van der Waals surface area contributed by atoms with Crippen LogP contribution in [0.25, 0.3) is 0 Å². The normalized spacial score (nSPS) is 10.8. The number of nitrogens with one attached hydrogen (secondary N) is 2. The van der Waals surface area contributed by atoms with Gasteiger partial charge in [-0.15, -0.1) is 0 Å². The van der Waals surface area contributed by atoms with E-state index in [1.165, 1.54) is 22.3 Å². The molecule has 0 heterocycles. The third-order valence-electron chi connectivity index (χ3n) is 5.19. The van der Waals surface area contributed by atoms with Gasteiger partial charge in [0.25, 0.3) is 6.03 Å². The van der Waals surface area contributed by atoms with Crippen LogP contribution in [0, 0.1) is 0 Å². The Kier molecular flexibility index (Phi) is 7.68. The molecule has 0 aromatic heterocycles. The van der Waals surface area contributed by atoms with Gasteiger partial charge in [0.2, 0.25) is 0 Å². The Balaban J connectivity index is 1.43. The second-order valence-corrected chi connectivity index (χ2v) is 9.61. The molecule has 2 amide bonds. The van der Waals surface area contributed by atoms with E-state index in [9.17, 15) is 4.79 Å². The molecule has 0 atom stereocenters. The summed E-state index contributed by atoms with van der Waals surface area (Å²) in [7, 11) is 0.475. The zero-order valence-corrected chi connectivity index (χ0v) is 19.6. The summed E-state index contributed by atoms with van der Waals surface area (Å²) in [4.78, 5) is 19.0. The molecule has 4 rings (SSSR count). The van der Waals surface area contributed by atoms with Crippen LogP contribution in [0.15, 0.2) is 121 Å². The molecule has 0 spiro atoms. The number of urea groups is 1. The summed E-state index contributed by atoms with van der Waals surface area (Å²) in [5.74, 6) is 0. The van der Waals surface area contributed by atoms with Crippen molar-refractivity contribution < 1.29 is 4.79 Å². The van der Waals surface area contributed by atoms with E-state index in [0.29, 0.717) is 0 Å². The van der Waals surface area contributed by atoms with Crippen LogP contribution in [0.4, 0.5) is 4.79 Å². The zero-order valence-electron chi connectivity index (χ0n) is 17.6. The molecule has 0 fully saturated rings. The van der Waals surface area contributed by atoms with Crippen molar-refractivity contribution in [2.75, 3.05) is 0 Å². The van der Waals surface area contributed by atoms with Gasteiger partial charge < -0.3 is 9.96 Å². The molecule has 0 aliphatic heterocycles. The SMILES string of the molecule is O=C(N[Si]C(c1ccccc1)c1ccccc1)N[Si]C(c1ccccc1)c1ccccc1. The van der Waals surface area contributed by atoms with Gasteiger partial charge in [-0.25, -0.2) is 0 Å². The van der Waals surface area contributed by atoms with E-state index in [-0.39, 0.29) is 36.5 Å². The number of amides is 2. The number of carbonyl (C=O) groups is 1. The molecule has 4 radical (unpaired) electrons. The molecule has 0 saturated heterocycles. The predicted molar refractivity (Wildman–Crippen MR) is 133 cm³/mol. The van der Waals surface area contributed by atoms with Gasteiger partial charge in [-0.1, -0.05) is 121 Å². The minimum absolute atomic E-state index is 0.129. The summed E-state index contributed by atoms with van der Waals surface area (Å²) in [6.45, 7) is 0. The van der Waals surface area contributed by atoms with Crippen LogP contribution in [-0.2, 0) is 0 Å². The molecular formula is C27H24N2OSi2. The zero-order chi connectivity index (χ0) is 22.0. The van der Waals surface area contributed by atoms with E-state index in [2.05, 4.69) is 58.5 Å². The largest absolute Gasteiger partial charge is 0.365 e. The molecule has 32 heavy (non-hydrogen) atoms. The molecule has 2 N–H and O–H groups in total. The van der Waals surface area contributed by atoms with Gasteiger partial charge in [-0.2, -0.15) is 0 Å². The average Bonchev–Trinajstić information content (AvgIpc) is 2.87. The van der Waals surface area contributed by atoms with Gasteiger partial charge in [0, 0.05) is 11.1 Å². The number of carbonyl (C=O) groups excluding carboxylic acids is 1. The summed E-state index contributed by atoms with van der Waals surface area (Å²) < 4.78 is 0. The number of benzene rings is 4. The molecular weight excluding hydrogens is 424 g/mol. The smallest absolute Gasteiger partial charge is 0.298 e. The predicted octanol–water partition coefficient (Wildman–Crippen LogP) is 5.10. The van der Waals surface area contributed by atoms with E-state index < -0.39 is 0 Å². The number of rotatable bonds is 8. The molecule has 0 unspecified atom stereocenters. The van der Waals surface area contributed by atoms with Crippen LogP contribution in [0.2, 0.25) is 0 Å². The van der Waals surface area contributed by atoms with Crippen molar-refractivity contribution in [3.8, 4) is 0 Å². The van der Waals surface area contributed by atoms with Gasteiger partial charge in [0.15, 0.2) is 19.4 Å². The van der Waals surface area contributed by atoms with Gasteiger partial charge in [0.1, 0.15) is 0 Å². The summed E-state index contributed by atoms with van der Waals surface area (Å²) in [6, 6.07) is 41.2. The fraction of sp³-hybridized carbons (Fsp3) is 0.0741. The average molecular weight is 449 g/mol. The highest BCUT2D eigenvalue weighted by atomic mass is 28.2. The summed E-state index contributed by atoms with van der Waals surface area (Å²) in [5.41, 5.74) is 5.06. The standard InChI is InChI=1S/C27H24N2OSi2/c30-27(28-31-25(21-13-5-1-6-14-21)22-15-7-2-8-16-22)29-32-26(23-17-9-3-10-18-23)24-19-11-4-12-20-24/h1-20,25-26H,(H2,28,29,30). The lowest BCUT2D eigenvalue weighted by molar-refractivity contribution is 0.250. The van der Waals surface area contributed by atoms with Crippen molar-refractivity contribution >= 4 is 25.4 Å². The van der Waals surface area contributed by atoms with Gasteiger partial charge in [-0.3, -0.25) is 4.79 Å². The van der Waals surface area contributed by atoms with E-state index in [1.807, 2.05) is 72.8 Å². The van der Waals surface area contributed by atoms with Crippen molar-refractivity contribution in [1.29, 1.82) is 0 Å². The van der Waals surface area contributed by atoms with Crippen molar-refractivity contribution in [3.63, 3.8) is 0 Å². The monoisotopic (exact) mass is 448 g/mol. The highest BCUT2D eigenvalue weighted by Crippen LogP contribution is 2.23. The first-order valence-corrected chi connectivity index (χ1v) is 12.7. The molecule has 4 aromatic rings. The molecule has 0 bridgehead atoms. The van der Waals surface area contributed by atoms with Crippen LogP contribution in [0.1, 0.15) is 33.3 Å². The van der Waals surface area contributed by atoms with Gasteiger partial charge in [-0.05, 0) is 22.3 Å². The van der Waals surface area contributed by atoms with Crippen LogP contribution in [-0.4, -0.2) is 25.4 Å². The van der Waals surface area contributed by atoms with Crippen molar-refractivity contribution in [2.24, 2.45) is 0 Å². The van der Waals surface area contributed by atoms with Crippen LogP contribution < -0.4 is 9.96 Å². The maximum atomic E-state index is 12.8. The maximum absolute atomic E-state index is 12.8. The first-order chi connectivity index (χ1) is 15.8. The van der Waals surface area contributed by atoms with Crippen LogP contribution in [0.5, 0.6) is 0 Å². The second kappa shape index (κ2) is 11.3. The highest BCUT2D eigenvalue weighted by molar-refractivity contribution is 6.45. The lowest BCUT2D eigenvalue weighted by atomic mass is 10.0. The molecule has 5 heteroatoms. The van der Waals surface area contributed by atoms with Crippen molar-refractivity contribution in [1.82, 2.24) is 9.96 Å². The Morgan fingerprint density at radius 1 is 0.469 bits per heavy atom. The number of hydrogen-bond acceptors (Lipinski definition) is 1. The Morgan fingerprint density at radius 3 is 0.969 bits per heavy atom. The lowest BCUT2D eigenvalue weighted by Gasteiger charge is -2.19. The molecule has 0 aliphatic carbocycles. The molecule has 0 aliphatic rings. The van der Waals surface area contributed by atoms with E-state index in [4.69, 9.17) is 0 Å². The third-order valence-corrected chi connectivity index (χ3v) is 7.85. The van der Waals surface area contributed by atoms with E-state index in [1.54, 1.807) is 0 Å². The fourth-order valence-corrected chi connectivity index (χ4v) is 5.84. The highest BCUT2D eigenvalue weighted by Gasteiger charge is 2.19. The summed E-state index contributed by atoms with van der Waals surface area (Å²) >= 11 is 0. The first-order valence-electron chi connectivity index (χ1n) is 10.6. The Morgan fingerprint density at radius 2 is 0.719 bits per heavy atom. The summed E-state index contributed by atoms with van der Waals surface area (Å²) in [5, 5.41) is 0. The second-order valence-electron chi connectivity index (χ2n) is 7.38. The Bertz CT molecular complexity index is 926. The van der Waals surface area contributed by atoms with Crippen molar-refractivity contribution in [2.45, 2.75) is 11.1 Å². The Labute approximate surface area is 194 Å². The topological polar surface area (TPSA) is 41.1 Å². The minimum Gasteiger partial charge on any atom is -0.365 e. The molecule has 3 nitrogen and oxygen atoms in total. The minimum atomic E-state index is -0.129. The van der Waals surface area contributed by atoms with Crippen molar-refractivity contribution in [3.05, 3.63) is 144 Å². The van der Waals surface area contributed by atoms with E-state index in [0.717, 1.165) is 0 Å². The van der Waals surface area contributed by atoms with Gasteiger partial charge >= 0.3 is 0 Å². The van der Waals surface area contributed by atoms with Gasteiger partial charge in [0.05, 0.1) is 0 Å². The first kappa shape index (κ1) is 21.8. The lowest BCUT2D eigenvalue weighted by Crippen LogP contribution is -2.43. The Hall–Kier alpha value is -3.42.